The first-order chi connectivity index (χ1) is 13.0. The summed E-state index contributed by atoms with van der Waals surface area (Å²) < 4.78 is 22.8. The number of aryl methyl sites for hydroxylation is 1. The number of hydrogen-bond donors (Lipinski definition) is 0. The largest absolute Gasteiger partial charge is 0.482 e. The van der Waals surface area contributed by atoms with Crippen LogP contribution in [-0.4, -0.2) is 37.4 Å². The highest BCUT2D eigenvalue weighted by molar-refractivity contribution is 9.10. The molecule has 146 valence electrons. The molecule has 0 aliphatic heterocycles. The lowest BCUT2D eigenvalue weighted by Gasteiger charge is -2.19. The SMILES string of the molecule is CCOC[C@H](Oc1ccc(OCC(=O)OCC)c(C)c1)c1cccc(Br)n1. The lowest BCUT2D eigenvalue weighted by Crippen LogP contribution is -2.17. The lowest BCUT2D eigenvalue weighted by molar-refractivity contribution is -0.145. The number of hydrogen-bond acceptors (Lipinski definition) is 6. The summed E-state index contributed by atoms with van der Waals surface area (Å²) in [4.78, 5) is 15.9. The molecular formula is C20H24BrNO5. The van der Waals surface area contributed by atoms with Gasteiger partial charge in [-0.15, -0.1) is 0 Å². The van der Waals surface area contributed by atoms with Crippen LogP contribution in [-0.2, 0) is 14.3 Å². The Morgan fingerprint density at radius 1 is 1.19 bits per heavy atom. The highest BCUT2D eigenvalue weighted by Gasteiger charge is 2.16. The molecule has 0 radical (unpaired) electrons. The van der Waals surface area contributed by atoms with Gasteiger partial charge >= 0.3 is 5.97 Å². The topological polar surface area (TPSA) is 66.9 Å². The Kier molecular flexibility index (Phi) is 8.54. The first-order valence-electron chi connectivity index (χ1n) is 8.79. The molecule has 0 unspecified atom stereocenters. The fraction of sp³-hybridized carbons (Fsp3) is 0.400. The van der Waals surface area contributed by atoms with Crippen molar-refractivity contribution in [2.45, 2.75) is 26.9 Å². The van der Waals surface area contributed by atoms with Crippen LogP contribution in [0.3, 0.4) is 0 Å². The third-order valence-electron chi connectivity index (χ3n) is 3.62. The van der Waals surface area contributed by atoms with Crippen molar-refractivity contribution < 1.29 is 23.7 Å². The Morgan fingerprint density at radius 2 is 2.00 bits per heavy atom. The number of carbonyl (C=O) groups is 1. The molecular weight excluding hydrogens is 414 g/mol. The maximum Gasteiger partial charge on any atom is 0.344 e. The van der Waals surface area contributed by atoms with E-state index in [-0.39, 0.29) is 12.7 Å². The summed E-state index contributed by atoms with van der Waals surface area (Å²) in [6, 6.07) is 11.1. The molecule has 27 heavy (non-hydrogen) atoms. The highest BCUT2D eigenvalue weighted by Crippen LogP contribution is 2.27. The van der Waals surface area contributed by atoms with E-state index in [4.69, 9.17) is 18.9 Å². The van der Waals surface area contributed by atoms with Crippen LogP contribution < -0.4 is 9.47 Å². The number of ether oxygens (including phenoxy) is 4. The number of pyridine rings is 1. The van der Waals surface area contributed by atoms with E-state index in [9.17, 15) is 4.79 Å². The Hall–Kier alpha value is -2.12. The Labute approximate surface area is 167 Å². The molecule has 0 aliphatic rings. The molecule has 0 aliphatic carbocycles. The predicted octanol–water partition coefficient (Wildman–Crippen LogP) is 4.25. The monoisotopic (exact) mass is 437 g/mol. The zero-order chi connectivity index (χ0) is 19.6. The molecule has 0 bridgehead atoms. The van der Waals surface area contributed by atoms with Crippen molar-refractivity contribution in [3.63, 3.8) is 0 Å². The van der Waals surface area contributed by atoms with Gasteiger partial charge in [0.25, 0.3) is 0 Å². The summed E-state index contributed by atoms with van der Waals surface area (Å²) in [6.07, 6.45) is -0.340. The van der Waals surface area contributed by atoms with Crippen molar-refractivity contribution >= 4 is 21.9 Å². The Morgan fingerprint density at radius 3 is 2.67 bits per heavy atom. The molecule has 1 heterocycles. The van der Waals surface area contributed by atoms with E-state index >= 15 is 0 Å². The molecule has 2 aromatic rings. The van der Waals surface area contributed by atoms with E-state index in [2.05, 4.69) is 20.9 Å². The van der Waals surface area contributed by atoms with Gasteiger partial charge < -0.3 is 18.9 Å². The van der Waals surface area contributed by atoms with Gasteiger partial charge in [0.2, 0.25) is 0 Å². The zero-order valence-corrected chi connectivity index (χ0v) is 17.3. The summed E-state index contributed by atoms with van der Waals surface area (Å²) in [6.45, 7) is 6.78. The van der Waals surface area contributed by atoms with Crippen molar-refractivity contribution in [1.29, 1.82) is 0 Å². The maximum atomic E-state index is 11.4. The number of halogens is 1. The van der Waals surface area contributed by atoms with Gasteiger partial charge in [-0.2, -0.15) is 0 Å². The standard InChI is InChI=1S/C20H24BrNO5/c1-4-24-12-18(16-7-6-8-19(21)22-16)27-15-9-10-17(14(3)11-15)26-13-20(23)25-5-2/h6-11,18H,4-5,12-13H2,1-3H3/t18-/m0/s1. The molecule has 1 atom stereocenters. The van der Waals surface area contributed by atoms with Crippen LogP contribution in [0.4, 0.5) is 0 Å². The van der Waals surface area contributed by atoms with Gasteiger partial charge in [-0.05, 0) is 72.6 Å². The van der Waals surface area contributed by atoms with Gasteiger partial charge in [-0.1, -0.05) is 6.07 Å². The Balaban J connectivity index is 2.08. The normalized spacial score (nSPS) is 11.7. The van der Waals surface area contributed by atoms with Crippen molar-refractivity contribution in [3.05, 3.63) is 52.3 Å². The molecule has 0 amide bonds. The number of nitrogens with zero attached hydrogens (tertiary/aromatic N) is 1. The molecule has 0 fully saturated rings. The maximum absolute atomic E-state index is 11.4. The number of carbonyl (C=O) groups excluding carboxylic acids is 1. The minimum Gasteiger partial charge on any atom is -0.482 e. The average molecular weight is 438 g/mol. The summed E-state index contributed by atoms with van der Waals surface area (Å²) in [5.74, 6) is 0.884. The minimum absolute atomic E-state index is 0.121. The van der Waals surface area contributed by atoms with Crippen LogP contribution in [0.25, 0.3) is 0 Å². The van der Waals surface area contributed by atoms with Crippen molar-refractivity contribution in [1.82, 2.24) is 4.98 Å². The lowest BCUT2D eigenvalue weighted by atomic mass is 10.2. The van der Waals surface area contributed by atoms with Crippen LogP contribution >= 0.6 is 15.9 Å². The summed E-state index contributed by atoms with van der Waals surface area (Å²) in [7, 11) is 0. The highest BCUT2D eigenvalue weighted by atomic mass is 79.9. The molecule has 7 heteroatoms. The molecule has 1 aromatic carbocycles. The number of rotatable bonds is 10. The van der Waals surface area contributed by atoms with Crippen LogP contribution in [0.2, 0.25) is 0 Å². The van der Waals surface area contributed by atoms with Crippen LogP contribution in [0.1, 0.15) is 31.2 Å². The molecule has 0 N–H and O–H groups in total. The van der Waals surface area contributed by atoms with E-state index < -0.39 is 5.97 Å². The number of esters is 1. The third kappa shape index (κ3) is 6.84. The fourth-order valence-electron chi connectivity index (χ4n) is 2.37. The van der Waals surface area contributed by atoms with Gasteiger partial charge in [0, 0.05) is 6.61 Å². The van der Waals surface area contributed by atoms with Crippen LogP contribution in [0.15, 0.2) is 41.0 Å². The van der Waals surface area contributed by atoms with E-state index in [1.807, 2.05) is 38.1 Å². The zero-order valence-electron chi connectivity index (χ0n) is 15.7. The van der Waals surface area contributed by atoms with Gasteiger partial charge in [0.05, 0.1) is 18.9 Å². The van der Waals surface area contributed by atoms with E-state index in [1.165, 1.54) is 0 Å². The van der Waals surface area contributed by atoms with Gasteiger partial charge in [0.15, 0.2) is 12.7 Å². The van der Waals surface area contributed by atoms with Crippen LogP contribution in [0.5, 0.6) is 11.5 Å². The van der Waals surface area contributed by atoms with Crippen molar-refractivity contribution in [2.24, 2.45) is 0 Å². The fourth-order valence-corrected chi connectivity index (χ4v) is 2.73. The van der Waals surface area contributed by atoms with Gasteiger partial charge in [-0.3, -0.25) is 0 Å². The van der Waals surface area contributed by atoms with Crippen molar-refractivity contribution in [2.75, 3.05) is 26.4 Å². The molecule has 0 spiro atoms. The number of benzene rings is 1. The smallest absolute Gasteiger partial charge is 0.344 e. The molecule has 1 aromatic heterocycles. The second-order valence-electron chi connectivity index (χ2n) is 5.67. The second kappa shape index (κ2) is 10.9. The van der Waals surface area contributed by atoms with E-state index in [0.29, 0.717) is 31.3 Å². The predicted molar refractivity (Wildman–Crippen MR) is 105 cm³/mol. The molecule has 6 nitrogen and oxygen atoms in total. The van der Waals surface area contributed by atoms with Gasteiger partial charge in [0.1, 0.15) is 16.1 Å². The third-order valence-corrected chi connectivity index (χ3v) is 4.06. The quantitative estimate of drug-likeness (QED) is 0.408. The summed E-state index contributed by atoms with van der Waals surface area (Å²) in [5.41, 5.74) is 1.63. The van der Waals surface area contributed by atoms with Crippen LogP contribution in [0, 0.1) is 6.92 Å². The summed E-state index contributed by atoms with van der Waals surface area (Å²) >= 11 is 3.38. The molecule has 2 rings (SSSR count). The summed E-state index contributed by atoms with van der Waals surface area (Å²) in [5, 5.41) is 0. The second-order valence-corrected chi connectivity index (χ2v) is 6.48. The Bertz CT molecular complexity index is 753. The van der Waals surface area contributed by atoms with Gasteiger partial charge in [-0.25, -0.2) is 9.78 Å². The minimum atomic E-state index is -0.394. The molecule has 0 saturated carbocycles. The van der Waals surface area contributed by atoms with Crippen molar-refractivity contribution in [3.8, 4) is 11.5 Å². The number of aromatic nitrogens is 1. The van der Waals surface area contributed by atoms with E-state index in [0.717, 1.165) is 15.9 Å². The van der Waals surface area contributed by atoms with E-state index in [1.54, 1.807) is 19.1 Å². The average Bonchev–Trinajstić information content (AvgIpc) is 2.64. The molecule has 0 saturated heterocycles. The first-order valence-corrected chi connectivity index (χ1v) is 9.58. The first kappa shape index (κ1) is 21.2.